The van der Waals surface area contributed by atoms with Crippen molar-refractivity contribution in [2.75, 3.05) is 13.7 Å². The number of rotatable bonds is 8. The summed E-state index contributed by atoms with van der Waals surface area (Å²) in [6.45, 7) is 3.96. The highest BCUT2D eigenvalue weighted by Gasteiger charge is 2.23. The predicted molar refractivity (Wildman–Crippen MR) is 96.0 cm³/mol. The summed E-state index contributed by atoms with van der Waals surface area (Å²) in [6.07, 6.45) is 0. The van der Waals surface area contributed by atoms with Crippen molar-refractivity contribution in [2.45, 2.75) is 23.6 Å². The first-order valence-corrected chi connectivity index (χ1v) is 10.6. The quantitative estimate of drug-likeness (QED) is 0.651. The molecule has 2 aromatic rings. The van der Waals surface area contributed by atoms with Gasteiger partial charge in [0, 0.05) is 0 Å². The first kappa shape index (κ1) is 20.2. The maximum atomic E-state index is 12.4. The Hall–Kier alpha value is -2.14. The van der Waals surface area contributed by atoms with Crippen LogP contribution in [0.25, 0.3) is 0 Å². The van der Waals surface area contributed by atoms with E-state index in [2.05, 4.69) is 0 Å². The lowest BCUT2D eigenvalue weighted by molar-refractivity contribution is 0.340. The molecule has 0 saturated heterocycles. The van der Waals surface area contributed by atoms with Crippen LogP contribution < -0.4 is 19.1 Å². The summed E-state index contributed by atoms with van der Waals surface area (Å²) < 4.78 is 59.7. The molecule has 10 heteroatoms. The molecule has 142 valence electrons. The molecule has 0 aromatic heterocycles. The molecule has 0 aliphatic heterocycles. The molecule has 0 unspecified atom stereocenters. The lowest BCUT2D eigenvalue weighted by Gasteiger charge is -2.13. The summed E-state index contributed by atoms with van der Waals surface area (Å²) in [6, 6.07) is 10.1. The molecule has 2 N–H and O–H groups in total. The molecule has 0 atom stereocenters. The van der Waals surface area contributed by atoms with E-state index in [-0.39, 0.29) is 15.5 Å². The fourth-order valence-corrected chi connectivity index (χ4v) is 4.46. The van der Waals surface area contributed by atoms with E-state index in [9.17, 15) is 16.8 Å². The second-order valence-corrected chi connectivity index (χ2v) is 8.60. The number of benzene rings is 2. The van der Waals surface area contributed by atoms with Gasteiger partial charge in [-0.05, 0) is 55.8 Å². The minimum atomic E-state index is -4.17. The SMILES string of the molecule is CCOc1ccc(S(=O)(=O)NNS(=O)(=O)c2cc(C)ccc2OC)cc1. The van der Waals surface area contributed by atoms with Gasteiger partial charge >= 0.3 is 0 Å². The Balaban J connectivity index is 2.22. The summed E-state index contributed by atoms with van der Waals surface area (Å²) in [5.41, 5.74) is 0.681. The van der Waals surface area contributed by atoms with Crippen LogP contribution in [0.5, 0.6) is 11.5 Å². The van der Waals surface area contributed by atoms with Gasteiger partial charge in [-0.3, -0.25) is 0 Å². The zero-order valence-corrected chi connectivity index (χ0v) is 16.1. The summed E-state index contributed by atoms with van der Waals surface area (Å²) in [4.78, 5) is 3.47. The van der Waals surface area contributed by atoms with Crippen LogP contribution in [0, 0.1) is 6.92 Å². The van der Waals surface area contributed by atoms with Crippen LogP contribution in [0.3, 0.4) is 0 Å². The zero-order valence-electron chi connectivity index (χ0n) is 14.5. The van der Waals surface area contributed by atoms with Crippen LogP contribution in [0.4, 0.5) is 0 Å². The molecule has 0 aliphatic rings. The van der Waals surface area contributed by atoms with Crippen LogP contribution in [-0.4, -0.2) is 30.6 Å². The molecule has 0 saturated carbocycles. The lowest BCUT2D eigenvalue weighted by Crippen LogP contribution is -2.41. The van der Waals surface area contributed by atoms with Crippen LogP contribution in [-0.2, 0) is 20.0 Å². The Morgan fingerprint density at radius 2 is 1.54 bits per heavy atom. The molecule has 0 amide bonds. The smallest absolute Gasteiger partial charge is 0.257 e. The number of hydrogen-bond acceptors (Lipinski definition) is 6. The molecular weight excluding hydrogens is 380 g/mol. The van der Waals surface area contributed by atoms with Crippen LogP contribution >= 0.6 is 0 Å². The molecule has 0 radical (unpaired) electrons. The van der Waals surface area contributed by atoms with E-state index in [1.807, 2.05) is 9.66 Å². The Kier molecular flexibility index (Phi) is 6.24. The maximum Gasteiger partial charge on any atom is 0.257 e. The van der Waals surface area contributed by atoms with E-state index >= 15 is 0 Å². The fourth-order valence-electron chi connectivity index (χ4n) is 2.10. The van der Waals surface area contributed by atoms with Crippen molar-refractivity contribution in [3.63, 3.8) is 0 Å². The van der Waals surface area contributed by atoms with E-state index < -0.39 is 20.0 Å². The average molecular weight is 400 g/mol. The van der Waals surface area contributed by atoms with Gasteiger partial charge < -0.3 is 9.47 Å². The molecule has 0 spiro atoms. The number of aryl methyl sites for hydroxylation is 1. The number of ether oxygens (including phenoxy) is 2. The largest absolute Gasteiger partial charge is 0.495 e. The van der Waals surface area contributed by atoms with Gasteiger partial charge in [0.25, 0.3) is 20.0 Å². The first-order chi connectivity index (χ1) is 12.2. The molecule has 2 aromatic carbocycles. The number of hydrazine groups is 1. The highest BCUT2D eigenvalue weighted by Crippen LogP contribution is 2.24. The summed E-state index contributed by atoms with van der Waals surface area (Å²) in [7, 11) is -6.95. The third-order valence-corrected chi connectivity index (χ3v) is 6.03. The van der Waals surface area contributed by atoms with Crippen molar-refractivity contribution in [2.24, 2.45) is 0 Å². The maximum absolute atomic E-state index is 12.4. The Labute approximate surface area is 153 Å². The molecule has 0 bridgehead atoms. The van der Waals surface area contributed by atoms with Gasteiger partial charge in [-0.15, -0.1) is 9.66 Å². The monoisotopic (exact) mass is 400 g/mol. The second kappa shape index (κ2) is 8.04. The van der Waals surface area contributed by atoms with Crippen molar-refractivity contribution in [3.8, 4) is 11.5 Å². The van der Waals surface area contributed by atoms with Gasteiger partial charge in [0.2, 0.25) is 0 Å². The Bertz CT molecular complexity index is 970. The Morgan fingerprint density at radius 3 is 2.12 bits per heavy atom. The summed E-state index contributed by atoms with van der Waals surface area (Å²) in [5.74, 6) is 0.611. The number of sulfonamides is 2. The zero-order chi connectivity index (χ0) is 19.4. The number of methoxy groups -OCH3 is 1. The molecule has 0 heterocycles. The van der Waals surface area contributed by atoms with E-state index in [4.69, 9.17) is 9.47 Å². The van der Waals surface area contributed by atoms with Gasteiger partial charge in [-0.1, -0.05) is 6.07 Å². The van der Waals surface area contributed by atoms with Crippen LogP contribution in [0.15, 0.2) is 52.3 Å². The van der Waals surface area contributed by atoms with Crippen LogP contribution in [0.1, 0.15) is 12.5 Å². The predicted octanol–water partition coefficient (Wildman–Crippen LogP) is 1.57. The second-order valence-electron chi connectivity index (χ2n) is 5.27. The standard InChI is InChI=1S/C16H20N2O6S2/c1-4-24-13-6-8-14(9-7-13)25(19,20)17-18-26(21,22)16-11-12(2)5-10-15(16)23-3/h5-11,17-18H,4H2,1-3H3. The van der Waals surface area contributed by atoms with Crippen molar-refractivity contribution in [1.82, 2.24) is 9.66 Å². The first-order valence-electron chi connectivity index (χ1n) is 7.60. The summed E-state index contributed by atoms with van der Waals surface area (Å²) in [5, 5.41) is 0. The average Bonchev–Trinajstić information content (AvgIpc) is 2.61. The van der Waals surface area contributed by atoms with Crippen molar-refractivity contribution in [3.05, 3.63) is 48.0 Å². The molecular formula is C16H20N2O6S2. The molecule has 0 aliphatic carbocycles. The van der Waals surface area contributed by atoms with E-state index in [1.54, 1.807) is 19.9 Å². The minimum Gasteiger partial charge on any atom is -0.495 e. The number of nitrogens with one attached hydrogen (secondary N) is 2. The van der Waals surface area contributed by atoms with Gasteiger partial charge in [0.15, 0.2) is 0 Å². The molecule has 0 fully saturated rings. The van der Waals surface area contributed by atoms with E-state index in [0.29, 0.717) is 17.9 Å². The van der Waals surface area contributed by atoms with Gasteiger partial charge in [-0.25, -0.2) is 16.8 Å². The normalized spacial score (nSPS) is 12.0. The minimum absolute atomic E-state index is 0.100. The fraction of sp³-hybridized carbons (Fsp3) is 0.250. The van der Waals surface area contributed by atoms with E-state index in [0.717, 1.165) is 0 Å². The lowest BCUT2D eigenvalue weighted by atomic mass is 10.2. The van der Waals surface area contributed by atoms with Crippen molar-refractivity contribution in [1.29, 1.82) is 0 Å². The highest BCUT2D eigenvalue weighted by molar-refractivity contribution is 7.92. The van der Waals surface area contributed by atoms with Gasteiger partial charge in [0.05, 0.1) is 18.6 Å². The van der Waals surface area contributed by atoms with Crippen LogP contribution in [0.2, 0.25) is 0 Å². The third kappa shape index (κ3) is 4.73. The van der Waals surface area contributed by atoms with E-state index in [1.165, 1.54) is 43.5 Å². The van der Waals surface area contributed by atoms with Crippen molar-refractivity contribution >= 4 is 20.0 Å². The van der Waals surface area contributed by atoms with Gasteiger partial charge in [-0.2, -0.15) is 0 Å². The number of hydrogen-bond donors (Lipinski definition) is 2. The molecule has 8 nitrogen and oxygen atoms in total. The third-order valence-electron chi connectivity index (χ3n) is 3.36. The van der Waals surface area contributed by atoms with Gasteiger partial charge in [0.1, 0.15) is 16.4 Å². The van der Waals surface area contributed by atoms with Crippen molar-refractivity contribution < 1.29 is 26.3 Å². The summed E-state index contributed by atoms with van der Waals surface area (Å²) >= 11 is 0. The molecule has 2 rings (SSSR count). The topological polar surface area (TPSA) is 111 Å². The Morgan fingerprint density at radius 1 is 0.923 bits per heavy atom. The highest BCUT2D eigenvalue weighted by atomic mass is 32.2. The molecule has 26 heavy (non-hydrogen) atoms.